The van der Waals surface area contributed by atoms with E-state index in [4.69, 9.17) is 0 Å². The largest absolute Gasteiger partial charge is 0.452 e. The summed E-state index contributed by atoms with van der Waals surface area (Å²) in [6, 6.07) is 0.195. The van der Waals surface area contributed by atoms with Crippen LogP contribution in [0.25, 0.3) is 0 Å². The number of unbranched alkanes of at least 4 members (excludes halogenated alkanes) is 1. The Hall–Kier alpha value is -1.03. The molecule has 0 aromatic rings. The number of hydrazine groups is 1. The van der Waals surface area contributed by atoms with Gasteiger partial charge in [0.15, 0.2) is 0 Å². The van der Waals surface area contributed by atoms with Gasteiger partial charge in [0.1, 0.15) is 0 Å². The van der Waals surface area contributed by atoms with Crippen molar-refractivity contribution in [2.45, 2.75) is 39.7 Å². The summed E-state index contributed by atoms with van der Waals surface area (Å²) in [6.07, 6.45) is 5.26. The molecule has 0 aromatic carbocycles. The number of methoxy groups -OCH3 is 1. The van der Waals surface area contributed by atoms with E-state index >= 15 is 0 Å². The Bertz CT molecular complexity index is 191. The summed E-state index contributed by atoms with van der Waals surface area (Å²) in [5.74, 6) is 0. The fourth-order valence-electron chi connectivity index (χ4n) is 0.880. The second-order valence-electron chi connectivity index (χ2n) is 3.30. The molecular formula is C10H20N2O2. The van der Waals surface area contributed by atoms with Crippen molar-refractivity contribution in [2.75, 3.05) is 7.11 Å². The Morgan fingerprint density at radius 2 is 2.21 bits per heavy atom. The lowest BCUT2D eigenvalue weighted by atomic mass is 10.3. The lowest BCUT2D eigenvalue weighted by Crippen LogP contribution is -2.42. The van der Waals surface area contributed by atoms with Gasteiger partial charge in [0.05, 0.1) is 7.11 Å². The lowest BCUT2D eigenvalue weighted by Gasteiger charge is -2.20. The lowest BCUT2D eigenvalue weighted by molar-refractivity contribution is 0.118. The van der Waals surface area contributed by atoms with Crippen LogP contribution in [0.3, 0.4) is 0 Å². The van der Waals surface area contributed by atoms with Crippen LogP contribution in [-0.2, 0) is 4.74 Å². The third-order valence-electron chi connectivity index (χ3n) is 1.48. The Labute approximate surface area is 85.9 Å². The summed E-state index contributed by atoms with van der Waals surface area (Å²) in [5, 5.41) is 1.36. The second kappa shape index (κ2) is 7.38. The quantitative estimate of drug-likeness (QED) is 0.692. The molecule has 0 aromatic heterocycles. The van der Waals surface area contributed by atoms with Gasteiger partial charge in [0.2, 0.25) is 0 Å². The molecule has 82 valence electrons. The third kappa shape index (κ3) is 5.59. The molecule has 1 N–H and O–H groups in total. The molecule has 0 atom stereocenters. The monoisotopic (exact) mass is 200 g/mol. The fraction of sp³-hybridized carbons (Fsp3) is 0.700. The van der Waals surface area contributed by atoms with E-state index in [9.17, 15) is 4.79 Å². The van der Waals surface area contributed by atoms with Gasteiger partial charge in [-0.15, -0.1) is 0 Å². The van der Waals surface area contributed by atoms with E-state index in [1.54, 1.807) is 6.20 Å². The molecule has 0 aliphatic rings. The van der Waals surface area contributed by atoms with Crippen LogP contribution in [0.1, 0.15) is 33.6 Å². The average Bonchev–Trinajstić information content (AvgIpc) is 2.15. The van der Waals surface area contributed by atoms with Gasteiger partial charge in [0, 0.05) is 12.2 Å². The van der Waals surface area contributed by atoms with Crippen molar-refractivity contribution >= 4 is 6.09 Å². The van der Waals surface area contributed by atoms with Gasteiger partial charge in [-0.1, -0.05) is 19.4 Å². The normalized spacial score (nSPS) is 10.9. The van der Waals surface area contributed by atoms with E-state index in [1.165, 1.54) is 12.1 Å². The van der Waals surface area contributed by atoms with Crippen LogP contribution < -0.4 is 5.43 Å². The van der Waals surface area contributed by atoms with Crippen LogP contribution in [0.15, 0.2) is 12.3 Å². The van der Waals surface area contributed by atoms with Crippen molar-refractivity contribution < 1.29 is 9.53 Å². The van der Waals surface area contributed by atoms with Gasteiger partial charge in [-0.25, -0.2) is 15.2 Å². The van der Waals surface area contributed by atoms with Gasteiger partial charge in [-0.05, 0) is 20.3 Å². The number of allylic oxidation sites excluding steroid dienone is 1. The first-order chi connectivity index (χ1) is 6.61. The van der Waals surface area contributed by atoms with Crippen LogP contribution in [0.2, 0.25) is 0 Å². The molecule has 14 heavy (non-hydrogen) atoms. The van der Waals surface area contributed by atoms with E-state index in [0.717, 1.165) is 12.8 Å². The highest BCUT2D eigenvalue weighted by atomic mass is 16.5. The summed E-state index contributed by atoms with van der Waals surface area (Å²) in [4.78, 5) is 11.2. The van der Waals surface area contributed by atoms with Crippen molar-refractivity contribution in [3.63, 3.8) is 0 Å². The van der Waals surface area contributed by atoms with Crippen molar-refractivity contribution in [2.24, 2.45) is 0 Å². The maximum Gasteiger partial charge on any atom is 0.428 e. The molecule has 0 saturated carbocycles. The van der Waals surface area contributed by atoms with Gasteiger partial charge in [0.25, 0.3) is 0 Å². The molecule has 0 fully saturated rings. The van der Waals surface area contributed by atoms with Gasteiger partial charge >= 0.3 is 6.09 Å². The van der Waals surface area contributed by atoms with Crippen molar-refractivity contribution in [1.82, 2.24) is 10.4 Å². The third-order valence-corrected chi connectivity index (χ3v) is 1.48. The first kappa shape index (κ1) is 13.0. The number of nitrogens with one attached hydrogen (secondary N) is 1. The fourth-order valence-corrected chi connectivity index (χ4v) is 0.880. The molecule has 0 unspecified atom stereocenters. The molecule has 0 radical (unpaired) electrons. The smallest absolute Gasteiger partial charge is 0.428 e. The molecule has 0 saturated heterocycles. The minimum atomic E-state index is -0.397. The zero-order chi connectivity index (χ0) is 11.0. The van der Waals surface area contributed by atoms with Crippen molar-refractivity contribution in [1.29, 1.82) is 0 Å². The summed E-state index contributed by atoms with van der Waals surface area (Å²) in [5.41, 5.74) is 2.96. The molecule has 0 heterocycles. The molecule has 4 heteroatoms. The number of carbonyl (C=O) groups is 1. The molecule has 0 bridgehead atoms. The van der Waals surface area contributed by atoms with Crippen LogP contribution in [0, 0.1) is 0 Å². The van der Waals surface area contributed by atoms with E-state index in [2.05, 4.69) is 17.1 Å². The summed E-state index contributed by atoms with van der Waals surface area (Å²) in [6.45, 7) is 6.01. The summed E-state index contributed by atoms with van der Waals surface area (Å²) in [7, 11) is 1.37. The highest BCUT2D eigenvalue weighted by Gasteiger charge is 2.10. The number of carbonyl (C=O) groups excluding carboxylic acids is 1. The van der Waals surface area contributed by atoms with Crippen molar-refractivity contribution in [3.05, 3.63) is 12.3 Å². The van der Waals surface area contributed by atoms with Crippen LogP contribution in [0.4, 0.5) is 4.79 Å². The van der Waals surface area contributed by atoms with E-state index in [0.29, 0.717) is 0 Å². The van der Waals surface area contributed by atoms with Gasteiger partial charge in [-0.3, -0.25) is 0 Å². The number of amides is 1. The standard InChI is InChI=1S/C10H20N2O2/c1-5-6-7-8-12(10(13)14-4)11-9(2)3/h7-9,11H,5-6H2,1-4H3/b8-7-. The Morgan fingerprint density at radius 1 is 1.57 bits per heavy atom. The number of hydrogen-bond donors (Lipinski definition) is 1. The van der Waals surface area contributed by atoms with E-state index in [-0.39, 0.29) is 6.04 Å². The van der Waals surface area contributed by atoms with E-state index < -0.39 is 6.09 Å². The first-order valence-electron chi connectivity index (χ1n) is 4.91. The van der Waals surface area contributed by atoms with Crippen LogP contribution >= 0.6 is 0 Å². The number of nitrogens with zero attached hydrogens (tertiary/aromatic N) is 1. The molecular weight excluding hydrogens is 180 g/mol. The number of hydrogen-bond acceptors (Lipinski definition) is 3. The Balaban J connectivity index is 4.17. The van der Waals surface area contributed by atoms with Gasteiger partial charge < -0.3 is 4.74 Å². The highest BCUT2D eigenvalue weighted by molar-refractivity contribution is 5.67. The maximum atomic E-state index is 11.2. The van der Waals surface area contributed by atoms with Gasteiger partial charge in [-0.2, -0.15) is 0 Å². The van der Waals surface area contributed by atoms with E-state index in [1.807, 2.05) is 19.9 Å². The zero-order valence-corrected chi connectivity index (χ0v) is 9.41. The number of rotatable bonds is 5. The SMILES string of the molecule is CCC/C=C\N(NC(C)C)C(=O)OC. The van der Waals surface area contributed by atoms with Crippen molar-refractivity contribution in [3.8, 4) is 0 Å². The minimum absolute atomic E-state index is 0.195. The predicted octanol–water partition coefficient (Wildman–Crippen LogP) is 2.28. The minimum Gasteiger partial charge on any atom is -0.452 e. The van der Waals surface area contributed by atoms with Crippen LogP contribution in [0.5, 0.6) is 0 Å². The number of ether oxygens (including phenoxy) is 1. The average molecular weight is 200 g/mol. The molecule has 4 nitrogen and oxygen atoms in total. The highest BCUT2D eigenvalue weighted by Crippen LogP contribution is 1.95. The van der Waals surface area contributed by atoms with Crippen LogP contribution in [-0.4, -0.2) is 24.3 Å². The second-order valence-corrected chi connectivity index (χ2v) is 3.30. The molecule has 0 spiro atoms. The molecule has 1 amide bonds. The Kier molecular flexibility index (Phi) is 6.84. The molecule has 0 aliphatic heterocycles. The zero-order valence-electron chi connectivity index (χ0n) is 9.41. The first-order valence-corrected chi connectivity index (χ1v) is 4.91. The summed E-state index contributed by atoms with van der Waals surface area (Å²) >= 11 is 0. The maximum absolute atomic E-state index is 11.2. The summed E-state index contributed by atoms with van der Waals surface area (Å²) < 4.78 is 4.62. The predicted molar refractivity (Wildman–Crippen MR) is 56.6 cm³/mol. The topological polar surface area (TPSA) is 41.6 Å². The molecule has 0 aliphatic carbocycles. The molecule has 0 rings (SSSR count). The Morgan fingerprint density at radius 3 is 2.64 bits per heavy atom.